The Morgan fingerprint density at radius 2 is 2.48 bits per heavy atom. The van der Waals surface area contributed by atoms with Gasteiger partial charge in [-0.3, -0.25) is 4.79 Å². The van der Waals surface area contributed by atoms with E-state index < -0.39 is 0 Å². The second kappa shape index (κ2) is 6.41. The van der Waals surface area contributed by atoms with E-state index in [4.69, 9.17) is 16.3 Å². The number of aryl methyl sites for hydroxylation is 1. The second-order valence-electron chi connectivity index (χ2n) is 5.08. The van der Waals surface area contributed by atoms with E-state index in [0.717, 1.165) is 31.4 Å². The van der Waals surface area contributed by atoms with Crippen molar-refractivity contribution < 1.29 is 9.53 Å². The van der Waals surface area contributed by atoms with Crippen molar-refractivity contribution in [2.75, 3.05) is 19.0 Å². The lowest BCUT2D eigenvalue weighted by Crippen LogP contribution is -2.32. The van der Waals surface area contributed by atoms with Crippen LogP contribution < -0.4 is 5.32 Å². The number of hydrogen-bond donors (Lipinski definition) is 1. The van der Waals surface area contributed by atoms with E-state index in [-0.39, 0.29) is 12.0 Å². The van der Waals surface area contributed by atoms with Crippen molar-refractivity contribution in [3.8, 4) is 0 Å². The van der Waals surface area contributed by atoms with E-state index in [9.17, 15) is 4.79 Å². The van der Waals surface area contributed by atoms with Crippen LogP contribution >= 0.6 is 11.6 Å². The molecule has 0 aliphatic carbocycles. The van der Waals surface area contributed by atoms with E-state index in [1.165, 1.54) is 0 Å². The molecule has 0 unspecified atom stereocenters. The van der Waals surface area contributed by atoms with Crippen LogP contribution in [0.25, 0.3) is 5.65 Å². The topological polar surface area (TPSA) is 68.5 Å². The highest BCUT2D eigenvalue weighted by Gasteiger charge is 2.18. The van der Waals surface area contributed by atoms with Gasteiger partial charge in [0.1, 0.15) is 0 Å². The summed E-state index contributed by atoms with van der Waals surface area (Å²) in [6, 6.07) is 1.68. The Hall–Kier alpha value is -1.66. The zero-order valence-electron chi connectivity index (χ0n) is 11.6. The minimum absolute atomic E-state index is 0.124. The van der Waals surface area contributed by atoms with Gasteiger partial charge in [-0.15, -0.1) is 11.6 Å². The number of alkyl halides is 1. The predicted molar refractivity (Wildman–Crippen MR) is 78.7 cm³/mol. The van der Waals surface area contributed by atoms with E-state index in [0.29, 0.717) is 23.8 Å². The van der Waals surface area contributed by atoms with Crippen molar-refractivity contribution in [3.05, 3.63) is 29.7 Å². The van der Waals surface area contributed by atoms with E-state index in [1.807, 2.05) is 6.20 Å². The summed E-state index contributed by atoms with van der Waals surface area (Å²) >= 11 is 5.71. The van der Waals surface area contributed by atoms with Crippen molar-refractivity contribution in [1.29, 1.82) is 0 Å². The fourth-order valence-electron chi connectivity index (χ4n) is 2.37. The number of nitrogens with zero attached hydrogens (tertiary/aromatic N) is 3. The van der Waals surface area contributed by atoms with Crippen LogP contribution in [0, 0.1) is 0 Å². The Morgan fingerprint density at radius 3 is 3.24 bits per heavy atom. The first-order valence-electron chi connectivity index (χ1n) is 7.06. The van der Waals surface area contributed by atoms with Gasteiger partial charge in [-0.2, -0.15) is 5.10 Å². The monoisotopic (exact) mass is 308 g/mol. The lowest BCUT2D eigenvalue weighted by Gasteiger charge is -2.09. The summed E-state index contributed by atoms with van der Waals surface area (Å²) in [5.74, 6) is 0.332. The summed E-state index contributed by atoms with van der Waals surface area (Å²) in [5.41, 5.74) is 2.01. The minimum atomic E-state index is -0.199. The number of hydrogen-bond acceptors (Lipinski definition) is 4. The molecule has 0 aromatic carbocycles. The van der Waals surface area contributed by atoms with Crippen molar-refractivity contribution in [2.45, 2.75) is 25.4 Å². The highest BCUT2D eigenvalue weighted by Crippen LogP contribution is 2.11. The summed E-state index contributed by atoms with van der Waals surface area (Å²) in [5, 5.41) is 7.11. The van der Waals surface area contributed by atoms with E-state index in [2.05, 4.69) is 15.4 Å². The number of halogens is 1. The van der Waals surface area contributed by atoms with Crippen LogP contribution in [0.1, 0.15) is 28.9 Å². The van der Waals surface area contributed by atoms with E-state index in [1.54, 1.807) is 16.8 Å². The van der Waals surface area contributed by atoms with Crippen molar-refractivity contribution >= 4 is 23.2 Å². The molecule has 1 atom stereocenters. The maximum Gasteiger partial charge on any atom is 0.271 e. The van der Waals surface area contributed by atoms with Crippen LogP contribution in [0.4, 0.5) is 0 Å². The second-order valence-corrected chi connectivity index (χ2v) is 5.46. The van der Waals surface area contributed by atoms with Crippen molar-refractivity contribution in [2.24, 2.45) is 0 Å². The summed E-state index contributed by atoms with van der Waals surface area (Å²) in [7, 11) is 0. The first-order chi connectivity index (χ1) is 10.3. The number of nitrogens with one attached hydrogen (secondary N) is 1. The average Bonchev–Trinajstić information content (AvgIpc) is 3.13. The van der Waals surface area contributed by atoms with Gasteiger partial charge in [-0.05, 0) is 24.8 Å². The smallest absolute Gasteiger partial charge is 0.271 e. The highest BCUT2D eigenvalue weighted by molar-refractivity contribution is 6.17. The molecule has 0 spiro atoms. The van der Waals surface area contributed by atoms with Crippen LogP contribution in [0.2, 0.25) is 0 Å². The molecule has 1 aliphatic rings. The van der Waals surface area contributed by atoms with Gasteiger partial charge >= 0.3 is 0 Å². The lowest BCUT2D eigenvalue weighted by atomic mass is 10.2. The summed E-state index contributed by atoms with van der Waals surface area (Å²) < 4.78 is 7.09. The number of amides is 1. The molecule has 1 amide bonds. The third-order valence-electron chi connectivity index (χ3n) is 3.50. The summed E-state index contributed by atoms with van der Waals surface area (Å²) in [6.45, 7) is 1.31. The largest absolute Gasteiger partial charge is 0.376 e. The van der Waals surface area contributed by atoms with Gasteiger partial charge in [0.15, 0.2) is 11.3 Å². The van der Waals surface area contributed by atoms with Crippen molar-refractivity contribution in [1.82, 2.24) is 19.9 Å². The molecule has 1 fully saturated rings. The summed E-state index contributed by atoms with van der Waals surface area (Å²) in [4.78, 5) is 16.4. The summed E-state index contributed by atoms with van der Waals surface area (Å²) in [6.07, 6.45) is 6.51. The van der Waals surface area contributed by atoms with Gasteiger partial charge < -0.3 is 10.1 Å². The highest BCUT2D eigenvalue weighted by atomic mass is 35.5. The number of rotatable bonds is 5. The molecule has 2 aromatic rings. The molecule has 21 heavy (non-hydrogen) atoms. The number of aromatic nitrogens is 3. The van der Waals surface area contributed by atoms with Crippen LogP contribution in [0.15, 0.2) is 18.5 Å². The molecule has 0 bridgehead atoms. The first kappa shape index (κ1) is 14.3. The van der Waals surface area contributed by atoms with Crippen LogP contribution in [-0.4, -0.2) is 45.6 Å². The Kier molecular flexibility index (Phi) is 4.36. The fourth-order valence-corrected chi connectivity index (χ4v) is 2.59. The molecule has 3 rings (SSSR count). The van der Waals surface area contributed by atoms with Gasteiger partial charge in [0, 0.05) is 37.5 Å². The van der Waals surface area contributed by atoms with Gasteiger partial charge in [0.05, 0.1) is 6.10 Å². The Bertz CT molecular complexity index is 637. The van der Waals surface area contributed by atoms with Gasteiger partial charge in [0.2, 0.25) is 0 Å². The molecule has 1 N–H and O–H groups in total. The minimum Gasteiger partial charge on any atom is -0.376 e. The lowest BCUT2D eigenvalue weighted by molar-refractivity contribution is 0.0853. The maximum atomic E-state index is 12.1. The maximum absolute atomic E-state index is 12.1. The molecule has 112 valence electrons. The van der Waals surface area contributed by atoms with E-state index >= 15 is 0 Å². The zero-order chi connectivity index (χ0) is 14.7. The van der Waals surface area contributed by atoms with Gasteiger partial charge in [0.25, 0.3) is 5.91 Å². The van der Waals surface area contributed by atoms with Gasteiger partial charge in [-0.1, -0.05) is 0 Å². The number of carbonyl (C=O) groups excluding carboxylic acids is 1. The fraction of sp³-hybridized carbons (Fsp3) is 0.500. The molecule has 1 aliphatic heterocycles. The third-order valence-corrected chi connectivity index (χ3v) is 3.69. The zero-order valence-corrected chi connectivity index (χ0v) is 12.3. The first-order valence-corrected chi connectivity index (χ1v) is 7.60. The predicted octanol–water partition coefficient (Wildman–Crippen LogP) is 1.42. The Morgan fingerprint density at radius 1 is 1.57 bits per heavy atom. The van der Waals surface area contributed by atoms with Crippen molar-refractivity contribution in [3.63, 3.8) is 0 Å². The number of carbonyl (C=O) groups is 1. The standard InChI is InChI=1S/C14H17ClN4O2/c15-4-3-10-7-16-13-6-12(18-19(13)9-10)14(20)17-8-11-2-1-5-21-11/h6-7,9,11H,1-5,8H2,(H,17,20)/t11-/m1/s1. The van der Waals surface area contributed by atoms with Crippen LogP contribution in [0.5, 0.6) is 0 Å². The van der Waals surface area contributed by atoms with Crippen LogP contribution in [-0.2, 0) is 11.2 Å². The molecule has 0 saturated carbocycles. The Labute approximate surface area is 127 Å². The molecule has 3 heterocycles. The number of ether oxygens (including phenoxy) is 1. The molecular formula is C14H17ClN4O2. The van der Waals surface area contributed by atoms with Gasteiger partial charge in [-0.25, -0.2) is 9.50 Å². The normalized spacial score (nSPS) is 18.2. The molecule has 1 saturated heterocycles. The molecule has 7 heteroatoms. The molecule has 0 radical (unpaired) electrons. The van der Waals surface area contributed by atoms with Crippen LogP contribution in [0.3, 0.4) is 0 Å². The molecule has 2 aromatic heterocycles. The molecular weight excluding hydrogens is 292 g/mol. The quantitative estimate of drug-likeness (QED) is 0.848. The molecule has 6 nitrogen and oxygen atoms in total. The Balaban J connectivity index is 1.69. The average molecular weight is 309 g/mol. The number of fused-ring (bicyclic) bond motifs is 1. The third kappa shape index (κ3) is 3.33. The SMILES string of the molecule is O=C(NC[C@H]1CCCO1)c1cc2ncc(CCCl)cn2n1.